The molecule has 0 spiro atoms. The van der Waals surface area contributed by atoms with Crippen LogP contribution in [0.5, 0.6) is 11.6 Å². The first-order chi connectivity index (χ1) is 16.9. The van der Waals surface area contributed by atoms with E-state index in [0.29, 0.717) is 43.9 Å². The van der Waals surface area contributed by atoms with Gasteiger partial charge in [0.2, 0.25) is 5.88 Å². The van der Waals surface area contributed by atoms with Crippen LogP contribution in [0.25, 0.3) is 5.69 Å². The minimum atomic E-state index is -0.595. The smallest absolute Gasteiger partial charge is 0.227 e. The van der Waals surface area contributed by atoms with E-state index in [1.165, 1.54) is 12.1 Å². The van der Waals surface area contributed by atoms with Crippen LogP contribution in [0, 0.1) is 18.7 Å². The van der Waals surface area contributed by atoms with Crippen molar-refractivity contribution < 1.29 is 19.0 Å². The molecule has 1 N–H and O–H groups in total. The third kappa shape index (κ3) is 8.16. The summed E-state index contributed by atoms with van der Waals surface area (Å²) in [5.41, 5.74) is 2.58. The van der Waals surface area contributed by atoms with Crippen molar-refractivity contribution in [2.45, 2.75) is 53.2 Å². The van der Waals surface area contributed by atoms with E-state index in [1.54, 1.807) is 16.8 Å². The van der Waals surface area contributed by atoms with Crippen LogP contribution in [0.3, 0.4) is 0 Å². The Kier molecular flexibility index (Phi) is 10.3. The lowest BCUT2D eigenvalue weighted by molar-refractivity contribution is 0.0123. The van der Waals surface area contributed by atoms with E-state index in [0.717, 1.165) is 36.3 Å². The van der Waals surface area contributed by atoms with Crippen LogP contribution in [-0.4, -0.2) is 52.2 Å². The highest BCUT2D eigenvalue weighted by molar-refractivity contribution is 5.43. The number of rotatable bonds is 14. The Morgan fingerprint density at radius 3 is 2.54 bits per heavy atom. The molecule has 0 fully saturated rings. The minimum Gasteiger partial charge on any atom is -0.438 e. The molecule has 3 aromatic rings. The van der Waals surface area contributed by atoms with Crippen molar-refractivity contribution >= 4 is 0 Å². The molecule has 0 aliphatic rings. The summed E-state index contributed by atoms with van der Waals surface area (Å²) in [6.45, 7) is 11.1. The number of unbranched alkanes of at least 4 members (excludes halogenated alkanes) is 1. The molecule has 0 radical (unpaired) electrons. The van der Waals surface area contributed by atoms with E-state index in [-0.39, 0.29) is 5.82 Å². The molecule has 1 aromatic heterocycles. The topological polar surface area (TPSA) is 59.8 Å². The van der Waals surface area contributed by atoms with Crippen LogP contribution < -0.4 is 4.74 Å². The van der Waals surface area contributed by atoms with Crippen LogP contribution in [0.2, 0.25) is 0 Å². The lowest BCUT2D eigenvalue weighted by Crippen LogP contribution is -2.37. The maximum atomic E-state index is 13.9. The highest BCUT2D eigenvalue weighted by Crippen LogP contribution is 2.32. The maximum Gasteiger partial charge on any atom is 0.227 e. The summed E-state index contributed by atoms with van der Waals surface area (Å²) < 4.78 is 27.5. The number of nitrogens with zero attached hydrogens (tertiary/aromatic N) is 3. The molecule has 1 atom stereocenters. The molecule has 1 heterocycles. The van der Waals surface area contributed by atoms with E-state index in [1.807, 2.05) is 37.3 Å². The number of aliphatic hydroxyl groups excluding tert-OH is 1. The number of para-hydroxylation sites is 1. The zero-order valence-corrected chi connectivity index (χ0v) is 21.3. The Labute approximate surface area is 208 Å². The van der Waals surface area contributed by atoms with Crippen LogP contribution in [0.1, 0.15) is 44.9 Å². The SMILES string of the molecule is CCCCOC[C@@H](O)CN(Cc1c(C)nn(-c2ccccc2)c1Oc1cccc(F)c1)CC(C)C. The van der Waals surface area contributed by atoms with Gasteiger partial charge < -0.3 is 14.6 Å². The number of aromatic nitrogens is 2. The Balaban J connectivity index is 1.89. The number of ether oxygens (including phenoxy) is 2. The predicted octanol–water partition coefficient (Wildman–Crippen LogP) is 5.75. The second kappa shape index (κ2) is 13.4. The van der Waals surface area contributed by atoms with Crippen molar-refractivity contribution in [3.63, 3.8) is 0 Å². The summed E-state index contributed by atoms with van der Waals surface area (Å²) in [4.78, 5) is 2.20. The van der Waals surface area contributed by atoms with Gasteiger partial charge in [-0.1, -0.05) is 51.5 Å². The lowest BCUT2D eigenvalue weighted by atomic mass is 10.1. The van der Waals surface area contributed by atoms with Crippen LogP contribution in [0.4, 0.5) is 4.39 Å². The fourth-order valence-corrected chi connectivity index (χ4v) is 3.97. The van der Waals surface area contributed by atoms with Crippen molar-refractivity contribution in [3.05, 3.63) is 71.7 Å². The molecule has 0 aliphatic heterocycles. The molecule has 35 heavy (non-hydrogen) atoms. The summed E-state index contributed by atoms with van der Waals surface area (Å²) in [5, 5.41) is 15.4. The average Bonchev–Trinajstić information content (AvgIpc) is 3.12. The number of benzene rings is 2. The van der Waals surface area contributed by atoms with Gasteiger partial charge in [-0.05, 0) is 43.5 Å². The van der Waals surface area contributed by atoms with Crippen molar-refractivity contribution in [2.75, 3.05) is 26.3 Å². The van der Waals surface area contributed by atoms with E-state index in [2.05, 4.69) is 25.7 Å². The van der Waals surface area contributed by atoms with Crippen molar-refractivity contribution in [2.24, 2.45) is 5.92 Å². The molecule has 0 saturated carbocycles. The number of hydrogen-bond donors (Lipinski definition) is 1. The molecule has 0 unspecified atom stereocenters. The van der Waals surface area contributed by atoms with Gasteiger partial charge in [-0.2, -0.15) is 5.10 Å². The number of aryl methyl sites for hydroxylation is 1. The quantitative estimate of drug-likeness (QED) is 0.296. The summed E-state index contributed by atoms with van der Waals surface area (Å²) in [6, 6.07) is 15.9. The molecular formula is C28H38FN3O3. The Morgan fingerprint density at radius 1 is 1.09 bits per heavy atom. The number of halogens is 1. The summed E-state index contributed by atoms with van der Waals surface area (Å²) in [7, 11) is 0. The van der Waals surface area contributed by atoms with Crippen LogP contribution in [-0.2, 0) is 11.3 Å². The van der Waals surface area contributed by atoms with Gasteiger partial charge in [0.15, 0.2) is 0 Å². The van der Waals surface area contributed by atoms with Gasteiger partial charge in [0.1, 0.15) is 11.6 Å². The normalized spacial score (nSPS) is 12.5. The fraction of sp³-hybridized carbons (Fsp3) is 0.464. The third-order valence-electron chi connectivity index (χ3n) is 5.58. The van der Waals surface area contributed by atoms with Gasteiger partial charge in [-0.15, -0.1) is 0 Å². The lowest BCUT2D eigenvalue weighted by Gasteiger charge is -2.27. The minimum absolute atomic E-state index is 0.309. The zero-order chi connectivity index (χ0) is 25.2. The molecule has 0 aliphatic carbocycles. The zero-order valence-electron chi connectivity index (χ0n) is 21.3. The second-order valence-electron chi connectivity index (χ2n) is 9.35. The van der Waals surface area contributed by atoms with Crippen molar-refractivity contribution in [1.82, 2.24) is 14.7 Å². The summed E-state index contributed by atoms with van der Waals surface area (Å²) in [5.74, 6) is 0.990. The largest absolute Gasteiger partial charge is 0.438 e. The first-order valence-corrected chi connectivity index (χ1v) is 12.4. The van der Waals surface area contributed by atoms with E-state index < -0.39 is 6.10 Å². The molecular weight excluding hydrogens is 445 g/mol. The Bertz CT molecular complexity index is 1040. The third-order valence-corrected chi connectivity index (χ3v) is 5.58. The number of aliphatic hydroxyl groups is 1. The molecule has 0 amide bonds. The first-order valence-electron chi connectivity index (χ1n) is 12.4. The molecule has 0 saturated heterocycles. The second-order valence-corrected chi connectivity index (χ2v) is 9.35. The summed E-state index contributed by atoms with van der Waals surface area (Å²) >= 11 is 0. The number of hydrogen-bond acceptors (Lipinski definition) is 5. The van der Waals surface area contributed by atoms with E-state index >= 15 is 0 Å². The van der Waals surface area contributed by atoms with Gasteiger partial charge in [0.25, 0.3) is 0 Å². The molecule has 6 nitrogen and oxygen atoms in total. The van der Waals surface area contributed by atoms with Crippen LogP contribution in [0.15, 0.2) is 54.6 Å². The highest BCUT2D eigenvalue weighted by Gasteiger charge is 2.23. The van der Waals surface area contributed by atoms with Gasteiger partial charge in [0, 0.05) is 32.3 Å². The monoisotopic (exact) mass is 483 g/mol. The van der Waals surface area contributed by atoms with Crippen LogP contribution >= 0.6 is 0 Å². The Hall–Kier alpha value is -2.74. The maximum absolute atomic E-state index is 13.9. The summed E-state index contributed by atoms with van der Waals surface area (Å²) in [6.07, 6.45) is 1.46. The van der Waals surface area contributed by atoms with E-state index in [4.69, 9.17) is 14.6 Å². The molecule has 7 heteroatoms. The standard InChI is InChI=1S/C28H38FN3O3/c1-5-6-15-34-20-25(33)18-31(17-21(2)3)19-27-22(4)30-32(24-12-8-7-9-13-24)28(27)35-26-14-10-11-23(29)16-26/h7-14,16,21,25,33H,5-6,15,17-20H2,1-4H3/t25-/m0/s1. The van der Waals surface area contributed by atoms with Gasteiger partial charge in [0.05, 0.1) is 29.7 Å². The van der Waals surface area contributed by atoms with Gasteiger partial charge in [-0.3, -0.25) is 4.90 Å². The molecule has 2 aromatic carbocycles. The van der Waals surface area contributed by atoms with Gasteiger partial charge in [-0.25, -0.2) is 9.07 Å². The Morgan fingerprint density at radius 2 is 1.86 bits per heavy atom. The fourth-order valence-electron chi connectivity index (χ4n) is 3.97. The van der Waals surface area contributed by atoms with E-state index in [9.17, 15) is 9.50 Å². The molecule has 3 rings (SSSR count). The predicted molar refractivity (Wildman–Crippen MR) is 137 cm³/mol. The molecule has 190 valence electrons. The highest BCUT2D eigenvalue weighted by atomic mass is 19.1. The van der Waals surface area contributed by atoms with Crippen molar-refractivity contribution in [1.29, 1.82) is 0 Å². The van der Waals surface area contributed by atoms with Gasteiger partial charge >= 0.3 is 0 Å². The van der Waals surface area contributed by atoms with Crippen molar-refractivity contribution in [3.8, 4) is 17.3 Å². The first kappa shape index (κ1) is 26.9. The average molecular weight is 484 g/mol. The molecule has 0 bridgehead atoms.